The SMILES string of the molecule is CN(CCC(=O)O)c1nc2c(s1)CCC2. The average Bonchev–Trinajstić information content (AvgIpc) is 2.72. The Hall–Kier alpha value is -1.10. The van der Waals surface area contributed by atoms with E-state index in [2.05, 4.69) is 4.98 Å². The second-order valence-electron chi connectivity index (χ2n) is 3.79. The second-order valence-corrected chi connectivity index (χ2v) is 4.85. The van der Waals surface area contributed by atoms with Crippen LogP contribution in [0.15, 0.2) is 0 Å². The summed E-state index contributed by atoms with van der Waals surface area (Å²) in [6.07, 6.45) is 3.60. The highest BCUT2D eigenvalue weighted by atomic mass is 32.1. The van der Waals surface area contributed by atoms with Crippen molar-refractivity contribution in [3.8, 4) is 0 Å². The largest absolute Gasteiger partial charge is 0.481 e. The number of hydrogen-bond donors (Lipinski definition) is 1. The predicted octanol–water partition coefficient (Wildman–Crippen LogP) is 1.54. The molecule has 2 rings (SSSR count). The molecule has 82 valence electrons. The van der Waals surface area contributed by atoms with E-state index in [0.717, 1.165) is 18.0 Å². The van der Waals surface area contributed by atoms with Gasteiger partial charge < -0.3 is 10.0 Å². The highest BCUT2D eigenvalue weighted by Gasteiger charge is 2.18. The quantitative estimate of drug-likeness (QED) is 0.846. The highest BCUT2D eigenvalue weighted by Crippen LogP contribution is 2.31. The summed E-state index contributed by atoms with van der Waals surface area (Å²) in [4.78, 5) is 18.3. The number of anilines is 1. The molecule has 0 fully saturated rings. The highest BCUT2D eigenvalue weighted by molar-refractivity contribution is 7.15. The zero-order valence-corrected chi connectivity index (χ0v) is 9.51. The van der Waals surface area contributed by atoms with Gasteiger partial charge in [0.05, 0.1) is 12.1 Å². The van der Waals surface area contributed by atoms with Gasteiger partial charge in [-0.1, -0.05) is 0 Å². The van der Waals surface area contributed by atoms with Crippen LogP contribution in [0.1, 0.15) is 23.4 Å². The van der Waals surface area contributed by atoms with E-state index in [4.69, 9.17) is 5.11 Å². The van der Waals surface area contributed by atoms with Gasteiger partial charge in [0.2, 0.25) is 0 Å². The molecule has 1 aliphatic carbocycles. The number of hydrogen-bond acceptors (Lipinski definition) is 4. The summed E-state index contributed by atoms with van der Waals surface area (Å²) >= 11 is 1.70. The summed E-state index contributed by atoms with van der Waals surface area (Å²) in [6, 6.07) is 0. The Balaban J connectivity index is 1.99. The second kappa shape index (κ2) is 4.18. The van der Waals surface area contributed by atoms with Gasteiger partial charge in [-0.3, -0.25) is 4.79 Å². The first kappa shape index (κ1) is 10.4. The van der Waals surface area contributed by atoms with Gasteiger partial charge in [-0.15, -0.1) is 11.3 Å². The van der Waals surface area contributed by atoms with Gasteiger partial charge in [0.1, 0.15) is 0 Å². The average molecular weight is 226 g/mol. The van der Waals surface area contributed by atoms with Crippen LogP contribution in [-0.4, -0.2) is 29.7 Å². The van der Waals surface area contributed by atoms with Gasteiger partial charge in [-0.05, 0) is 19.3 Å². The molecule has 0 radical (unpaired) electrons. The molecule has 0 aliphatic heterocycles. The third-order valence-electron chi connectivity index (χ3n) is 2.57. The normalized spacial score (nSPS) is 13.9. The third-order valence-corrected chi connectivity index (χ3v) is 3.84. The summed E-state index contributed by atoms with van der Waals surface area (Å²) in [6.45, 7) is 0.529. The van der Waals surface area contributed by atoms with Crippen LogP contribution in [0.4, 0.5) is 5.13 Å². The Morgan fingerprint density at radius 3 is 3.07 bits per heavy atom. The van der Waals surface area contributed by atoms with Gasteiger partial charge in [0.15, 0.2) is 5.13 Å². The van der Waals surface area contributed by atoms with Crippen LogP contribution in [0.2, 0.25) is 0 Å². The van der Waals surface area contributed by atoms with Crippen LogP contribution in [0.25, 0.3) is 0 Å². The Kier molecular flexibility index (Phi) is 2.90. The van der Waals surface area contributed by atoms with Crippen molar-refractivity contribution >= 4 is 22.4 Å². The molecule has 15 heavy (non-hydrogen) atoms. The number of thiazole rings is 1. The van der Waals surface area contributed by atoms with Crippen LogP contribution >= 0.6 is 11.3 Å². The zero-order chi connectivity index (χ0) is 10.8. The van der Waals surface area contributed by atoms with E-state index in [0.29, 0.717) is 6.54 Å². The van der Waals surface area contributed by atoms with Crippen LogP contribution in [0.5, 0.6) is 0 Å². The predicted molar refractivity (Wildman–Crippen MR) is 59.7 cm³/mol. The van der Waals surface area contributed by atoms with Gasteiger partial charge in [0, 0.05) is 18.5 Å². The van der Waals surface area contributed by atoms with E-state index in [-0.39, 0.29) is 6.42 Å². The van der Waals surface area contributed by atoms with Crippen molar-refractivity contribution < 1.29 is 9.90 Å². The number of nitrogens with zero attached hydrogens (tertiary/aromatic N) is 2. The number of aliphatic carboxylic acids is 1. The van der Waals surface area contributed by atoms with Crippen molar-refractivity contribution in [2.24, 2.45) is 0 Å². The Labute approximate surface area is 92.6 Å². The van der Waals surface area contributed by atoms with Crippen molar-refractivity contribution in [2.75, 3.05) is 18.5 Å². The minimum absolute atomic E-state index is 0.167. The first-order valence-corrected chi connectivity index (χ1v) is 5.90. The van der Waals surface area contributed by atoms with Crippen molar-refractivity contribution in [3.63, 3.8) is 0 Å². The molecular weight excluding hydrogens is 212 g/mol. The van der Waals surface area contributed by atoms with Crippen LogP contribution < -0.4 is 4.90 Å². The van der Waals surface area contributed by atoms with Crippen LogP contribution in [-0.2, 0) is 17.6 Å². The van der Waals surface area contributed by atoms with Gasteiger partial charge in [-0.2, -0.15) is 0 Å². The maximum Gasteiger partial charge on any atom is 0.305 e. The molecule has 1 aliphatic rings. The Bertz CT molecular complexity index is 354. The number of aromatic nitrogens is 1. The number of fused-ring (bicyclic) bond motifs is 1. The molecule has 1 aromatic rings. The van der Waals surface area contributed by atoms with Gasteiger partial charge >= 0.3 is 5.97 Å². The molecule has 4 nitrogen and oxygen atoms in total. The lowest BCUT2D eigenvalue weighted by molar-refractivity contribution is -0.136. The fourth-order valence-corrected chi connectivity index (χ4v) is 2.83. The van der Waals surface area contributed by atoms with Crippen molar-refractivity contribution in [2.45, 2.75) is 25.7 Å². The van der Waals surface area contributed by atoms with Gasteiger partial charge in [0.25, 0.3) is 0 Å². The number of carbonyl (C=O) groups is 1. The zero-order valence-electron chi connectivity index (χ0n) is 8.69. The molecule has 0 saturated heterocycles. The number of rotatable bonds is 4. The third kappa shape index (κ3) is 2.28. The standard InChI is InChI=1S/C10H14N2O2S/c1-12(6-5-9(13)14)10-11-7-3-2-4-8(7)15-10/h2-6H2,1H3,(H,13,14). The van der Waals surface area contributed by atoms with E-state index in [1.165, 1.54) is 17.0 Å². The molecule has 1 aromatic heterocycles. The van der Waals surface area contributed by atoms with Crippen molar-refractivity contribution in [3.05, 3.63) is 10.6 Å². The number of aryl methyl sites for hydroxylation is 2. The fraction of sp³-hybridized carbons (Fsp3) is 0.600. The molecule has 5 heteroatoms. The smallest absolute Gasteiger partial charge is 0.305 e. The van der Waals surface area contributed by atoms with Gasteiger partial charge in [-0.25, -0.2) is 4.98 Å². The van der Waals surface area contributed by atoms with Crippen LogP contribution in [0, 0.1) is 0 Å². The minimum Gasteiger partial charge on any atom is -0.481 e. The monoisotopic (exact) mass is 226 g/mol. The van der Waals surface area contributed by atoms with E-state index in [1.54, 1.807) is 11.3 Å². The molecule has 1 heterocycles. The fourth-order valence-electron chi connectivity index (χ4n) is 1.70. The molecule has 1 N–H and O–H groups in total. The summed E-state index contributed by atoms with van der Waals surface area (Å²) in [5.41, 5.74) is 1.22. The first-order chi connectivity index (χ1) is 7.16. The number of carboxylic acids is 1. The Morgan fingerprint density at radius 1 is 1.60 bits per heavy atom. The van der Waals surface area contributed by atoms with Crippen molar-refractivity contribution in [1.82, 2.24) is 4.98 Å². The topological polar surface area (TPSA) is 53.4 Å². The molecule has 0 spiro atoms. The summed E-state index contributed by atoms with van der Waals surface area (Å²) in [7, 11) is 1.90. The Morgan fingerprint density at radius 2 is 2.40 bits per heavy atom. The number of carboxylic acid groups (broad SMARTS) is 1. The summed E-state index contributed by atoms with van der Waals surface area (Å²) in [5.74, 6) is -0.758. The van der Waals surface area contributed by atoms with E-state index >= 15 is 0 Å². The lowest BCUT2D eigenvalue weighted by atomic mass is 10.4. The lowest BCUT2D eigenvalue weighted by Crippen LogP contribution is -2.20. The van der Waals surface area contributed by atoms with Crippen molar-refractivity contribution in [1.29, 1.82) is 0 Å². The summed E-state index contributed by atoms with van der Waals surface area (Å²) in [5, 5.41) is 9.54. The minimum atomic E-state index is -0.758. The maximum atomic E-state index is 10.4. The molecule has 0 saturated carbocycles. The van der Waals surface area contributed by atoms with Crippen LogP contribution in [0.3, 0.4) is 0 Å². The molecule has 0 unspecified atom stereocenters. The molecular formula is C10H14N2O2S. The van der Waals surface area contributed by atoms with E-state index < -0.39 is 5.97 Å². The summed E-state index contributed by atoms with van der Waals surface area (Å²) < 4.78 is 0. The molecule has 0 aromatic carbocycles. The van der Waals surface area contributed by atoms with E-state index in [9.17, 15) is 4.79 Å². The molecule has 0 bridgehead atoms. The lowest BCUT2D eigenvalue weighted by Gasteiger charge is -2.13. The van der Waals surface area contributed by atoms with E-state index in [1.807, 2.05) is 11.9 Å². The maximum absolute atomic E-state index is 10.4. The molecule has 0 atom stereocenters. The first-order valence-electron chi connectivity index (χ1n) is 5.08. The molecule has 0 amide bonds.